The van der Waals surface area contributed by atoms with Crippen molar-refractivity contribution < 1.29 is 9.59 Å². The molecule has 158 valence electrons. The Labute approximate surface area is 190 Å². The number of benzene rings is 2. The first-order valence-corrected chi connectivity index (χ1v) is 10.8. The van der Waals surface area contributed by atoms with Crippen LogP contribution in [0.3, 0.4) is 0 Å². The van der Waals surface area contributed by atoms with E-state index in [0.717, 1.165) is 17.3 Å². The topological polar surface area (TPSA) is 108 Å². The van der Waals surface area contributed by atoms with Crippen LogP contribution in [-0.4, -0.2) is 17.6 Å². The SMILES string of the molecule is CC1=C(C(=O)Nc2ccccc2C)[C@@H](c2ccccc2Cl)C(C#N)=C(SCC(N)=O)N1. The number of nitrogens with zero attached hydrogens (tertiary/aromatic N) is 1. The van der Waals surface area contributed by atoms with Crippen molar-refractivity contribution in [2.45, 2.75) is 19.8 Å². The smallest absolute Gasteiger partial charge is 0.254 e. The predicted molar refractivity (Wildman–Crippen MR) is 124 cm³/mol. The lowest BCUT2D eigenvalue weighted by molar-refractivity contribution is -0.115. The van der Waals surface area contributed by atoms with Gasteiger partial charge in [0.15, 0.2) is 0 Å². The third-order valence-electron chi connectivity index (χ3n) is 4.86. The van der Waals surface area contributed by atoms with Gasteiger partial charge >= 0.3 is 0 Å². The van der Waals surface area contributed by atoms with Gasteiger partial charge in [-0.05, 0) is 37.1 Å². The fourth-order valence-corrected chi connectivity index (χ4v) is 4.47. The van der Waals surface area contributed by atoms with Crippen LogP contribution >= 0.6 is 23.4 Å². The van der Waals surface area contributed by atoms with Crippen molar-refractivity contribution in [3.63, 3.8) is 0 Å². The molecule has 0 unspecified atom stereocenters. The Kier molecular flexibility index (Phi) is 7.06. The van der Waals surface area contributed by atoms with E-state index in [-0.39, 0.29) is 11.7 Å². The van der Waals surface area contributed by atoms with Crippen LogP contribution in [0.1, 0.15) is 24.0 Å². The first-order chi connectivity index (χ1) is 14.8. The quantitative estimate of drug-likeness (QED) is 0.608. The second kappa shape index (κ2) is 9.73. The van der Waals surface area contributed by atoms with Gasteiger partial charge in [-0.15, -0.1) is 0 Å². The maximum absolute atomic E-state index is 13.4. The Morgan fingerprint density at radius 2 is 1.87 bits per heavy atom. The summed E-state index contributed by atoms with van der Waals surface area (Å²) in [4.78, 5) is 24.7. The normalized spacial score (nSPS) is 15.9. The number of carbonyl (C=O) groups is 2. The monoisotopic (exact) mass is 452 g/mol. The first kappa shape index (κ1) is 22.5. The zero-order valence-electron chi connectivity index (χ0n) is 17.0. The molecule has 0 bridgehead atoms. The summed E-state index contributed by atoms with van der Waals surface area (Å²) in [5.41, 5.74) is 8.78. The molecule has 0 spiro atoms. The molecular formula is C23H21ClN4O2S. The van der Waals surface area contributed by atoms with E-state index < -0.39 is 11.8 Å². The van der Waals surface area contributed by atoms with Crippen LogP contribution in [0.25, 0.3) is 0 Å². The molecular weight excluding hydrogens is 432 g/mol. The van der Waals surface area contributed by atoms with Gasteiger partial charge in [-0.25, -0.2) is 0 Å². The molecule has 0 aromatic heterocycles. The molecule has 6 nitrogen and oxygen atoms in total. The Hall–Kier alpha value is -3.21. The molecule has 0 aliphatic carbocycles. The molecule has 0 saturated carbocycles. The summed E-state index contributed by atoms with van der Waals surface area (Å²) < 4.78 is 0. The average Bonchev–Trinajstić information content (AvgIpc) is 2.73. The predicted octanol–water partition coefficient (Wildman–Crippen LogP) is 4.20. The van der Waals surface area contributed by atoms with Gasteiger partial charge in [0, 0.05) is 22.0 Å². The zero-order chi connectivity index (χ0) is 22.5. The third kappa shape index (κ3) is 4.93. The number of para-hydroxylation sites is 1. The summed E-state index contributed by atoms with van der Waals surface area (Å²) in [6.45, 7) is 3.66. The maximum atomic E-state index is 13.4. The van der Waals surface area contributed by atoms with Gasteiger partial charge in [-0.1, -0.05) is 59.8 Å². The summed E-state index contributed by atoms with van der Waals surface area (Å²) in [7, 11) is 0. The molecule has 1 aliphatic heterocycles. The van der Waals surface area contributed by atoms with Gasteiger partial charge in [0.1, 0.15) is 0 Å². The number of carbonyl (C=O) groups excluding carboxylic acids is 2. The Morgan fingerprint density at radius 3 is 2.52 bits per heavy atom. The minimum absolute atomic E-state index is 0.000769. The van der Waals surface area contributed by atoms with Gasteiger partial charge in [-0.3, -0.25) is 9.59 Å². The molecule has 0 radical (unpaired) electrons. The van der Waals surface area contributed by atoms with E-state index >= 15 is 0 Å². The summed E-state index contributed by atoms with van der Waals surface area (Å²) in [6, 6.07) is 16.8. The Balaban J connectivity index is 2.10. The number of dihydropyridines is 1. The number of nitrogens with two attached hydrogens (primary N) is 1. The van der Waals surface area contributed by atoms with E-state index in [2.05, 4.69) is 16.7 Å². The van der Waals surface area contributed by atoms with E-state index in [1.807, 2.05) is 31.2 Å². The summed E-state index contributed by atoms with van der Waals surface area (Å²) in [5, 5.41) is 17.0. The number of hydrogen-bond acceptors (Lipinski definition) is 5. The minimum Gasteiger partial charge on any atom is -0.369 e. The number of amides is 2. The fourth-order valence-electron chi connectivity index (χ4n) is 3.39. The van der Waals surface area contributed by atoms with E-state index in [0.29, 0.717) is 38.1 Å². The van der Waals surface area contributed by atoms with Crippen molar-refractivity contribution in [1.29, 1.82) is 5.26 Å². The van der Waals surface area contributed by atoms with Crippen molar-refractivity contribution in [3.05, 3.63) is 86.6 Å². The number of halogens is 1. The number of hydrogen-bond donors (Lipinski definition) is 3. The lowest BCUT2D eigenvalue weighted by Gasteiger charge is -2.30. The third-order valence-corrected chi connectivity index (χ3v) is 6.24. The van der Waals surface area contributed by atoms with Crippen molar-refractivity contribution in [1.82, 2.24) is 5.32 Å². The van der Waals surface area contributed by atoms with Crippen molar-refractivity contribution >= 4 is 40.9 Å². The van der Waals surface area contributed by atoms with Crippen molar-refractivity contribution in [3.8, 4) is 6.07 Å². The molecule has 3 rings (SSSR count). The molecule has 4 N–H and O–H groups in total. The van der Waals surface area contributed by atoms with Crippen LogP contribution in [0, 0.1) is 18.3 Å². The second-order valence-electron chi connectivity index (χ2n) is 7.00. The van der Waals surface area contributed by atoms with Crippen LogP contribution in [0.15, 0.2) is 70.4 Å². The summed E-state index contributed by atoms with van der Waals surface area (Å²) in [5.74, 6) is -1.54. The first-order valence-electron chi connectivity index (χ1n) is 9.48. The van der Waals surface area contributed by atoms with Crippen LogP contribution in [0.4, 0.5) is 5.69 Å². The molecule has 2 amide bonds. The van der Waals surface area contributed by atoms with Gasteiger partial charge in [0.2, 0.25) is 5.91 Å². The molecule has 1 aliphatic rings. The molecule has 31 heavy (non-hydrogen) atoms. The van der Waals surface area contributed by atoms with Gasteiger partial charge < -0.3 is 16.4 Å². The minimum atomic E-state index is -0.695. The lowest BCUT2D eigenvalue weighted by Crippen LogP contribution is -2.31. The highest BCUT2D eigenvalue weighted by Gasteiger charge is 2.35. The highest BCUT2D eigenvalue weighted by Crippen LogP contribution is 2.43. The van der Waals surface area contributed by atoms with E-state index in [9.17, 15) is 14.9 Å². The van der Waals surface area contributed by atoms with Gasteiger partial charge in [0.25, 0.3) is 5.91 Å². The molecule has 8 heteroatoms. The number of aryl methyl sites for hydroxylation is 1. The molecule has 1 heterocycles. The number of anilines is 1. The van der Waals surface area contributed by atoms with E-state index in [1.165, 1.54) is 0 Å². The second-order valence-corrected chi connectivity index (χ2v) is 8.39. The lowest BCUT2D eigenvalue weighted by atomic mass is 9.82. The molecule has 0 fully saturated rings. The largest absolute Gasteiger partial charge is 0.369 e. The summed E-state index contributed by atoms with van der Waals surface area (Å²) in [6.07, 6.45) is 0. The number of rotatable bonds is 6. The maximum Gasteiger partial charge on any atom is 0.254 e. The van der Waals surface area contributed by atoms with Crippen LogP contribution < -0.4 is 16.4 Å². The number of nitrogens with one attached hydrogen (secondary N) is 2. The fraction of sp³-hybridized carbons (Fsp3) is 0.174. The van der Waals surface area contributed by atoms with Gasteiger partial charge in [-0.2, -0.15) is 5.26 Å². The Morgan fingerprint density at radius 1 is 1.19 bits per heavy atom. The molecule has 0 saturated heterocycles. The molecule has 2 aromatic rings. The average molecular weight is 453 g/mol. The number of thioether (sulfide) groups is 1. The highest BCUT2D eigenvalue weighted by molar-refractivity contribution is 8.03. The van der Waals surface area contributed by atoms with E-state index in [4.69, 9.17) is 17.3 Å². The van der Waals surface area contributed by atoms with E-state index in [1.54, 1.807) is 31.2 Å². The number of primary amides is 1. The van der Waals surface area contributed by atoms with Crippen LogP contribution in [0.5, 0.6) is 0 Å². The van der Waals surface area contributed by atoms with Crippen molar-refractivity contribution in [2.75, 3.05) is 11.1 Å². The zero-order valence-corrected chi connectivity index (χ0v) is 18.6. The molecule has 1 atom stereocenters. The number of nitriles is 1. The van der Waals surface area contributed by atoms with Crippen LogP contribution in [-0.2, 0) is 9.59 Å². The molecule has 2 aromatic carbocycles. The Bertz CT molecular complexity index is 1150. The van der Waals surface area contributed by atoms with Gasteiger partial charge in [0.05, 0.1) is 28.3 Å². The highest BCUT2D eigenvalue weighted by atomic mass is 35.5. The van der Waals surface area contributed by atoms with Crippen molar-refractivity contribution in [2.24, 2.45) is 5.73 Å². The number of allylic oxidation sites excluding steroid dienone is 2. The van der Waals surface area contributed by atoms with Crippen LogP contribution in [0.2, 0.25) is 5.02 Å². The summed E-state index contributed by atoms with van der Waals surface area (Å²) >= 11 is 7.60. The standard InChI is InChI=1S/C23H21ClN4O2S/c1-13-7-3-6-10-18(13)28-22(30)20-14(2)27-23(31-12-19(26)29)16(11-25)21(20)15-8-4-5-9-17(15)24/h3-10,21,27H,12H2,1-2H3,(H2,26,29)(H,28,30)/t21-/m0/s1.